The Kier molecular flexibility index (Phi) is 7.49. The molecular formula is C27H22O18. The van der Waals surface area contributed by atoms with Crippen molar-refractivity contribution >= 4 is 17.9 Å². The van der Waals surface area contributed by atoms with E-state index in [1.165, 1.54) is 0 Å². The van der Waals surface area contributed by atoms with Crippen molar-refractivity contribution in [1.29, 1.82) is 0 Å². The Morgan fingerprint density at radius 2 is 1.11 bits per heavy atom. The smallest absolute Gasteiger partial charge is 0.340 e. The number of phenolic OH excluding ortho intramolecular Hbond substituents is 9. The predicted molar refractivity (Wildman–Crippen MR) is 139 cm³/mol. The van der Waals surface area contributed by atoms with Gasteiger partial charge in [0.25, 0.3) is 0 Å². The molecule has 2 aliphatic rings. The summed E-state index contributed by atoms with van der Waals surface area (Å²) in [6.07, 6.45) is -10.1. The predicted octanol–water partition coefficient (Wildman–Crippen LogP) is -0.297. The minimum atomic E-state index is -2.15. The summed E-state index contributed by atoms with van der Waals surface area (Å²) < 4.78 is 21.3. The molecule has 2 heterocycles. The molecule has 0 bridgehead atoms. The van der Waals surface area contributed by atoms with Gasteiger partial charge in [0.2, 0.25) is 23.9 Å². The number of hydrogen-bond donors (Lipinski definition) is 11. The fourth-order valence-corrected chi connectivity index (χ4v) is 4.78. The summed E-state index contributed by atoms with van der Waals surface area (Å²) in [6, 6.07) is 2.42. The van der Waals surface area contributed by atoms with Gasteiger partial charge in [-0.05, 0) is 24.3 Å². The fraction of sp³-hybridized carbons (Fsp3) is 0.222. The molecule has 1 saturated heterocycles. The maximum Gasteiger partial charge on any atom is 0.340 e. The van der Waals surface area contributed by atoms with Gasteiger partial charge in [0.1, 0.15) is 12.2 Å². The molecule has 1 fully saturated rings. The number of phenols is 9. The third-order valence-electron chi connectivity index (χ3n) is 7.01. The molecule has 238 valence electrons. The number of aromatic hydroxyl groups is 9. The van der Waals surface area contributed by atoms with Crippen molar-refractivity contribution in [2.45, 2.75) is 30.7 Å². The molecule has 0 saturated carbocycles. The van der Waals surface area contributed by atoms with Gasteiger partial charge in [0.05, 0.1) is 23.3 Å². The van der Waals surface area contributed by atoms with E-state index >= 15 is 0 Å². The van der Waals surface area contributed by atoms with Gasteiger partial charge in [0.15, 0.2) is 46.4 Å². The van der Waals surface area contributed by atoms with Crippen molar-refractivity contribution in [1.82, 2.24) is 0 Å². The number of fused-ring (bicyclic) bond motifs is 4. The van der Waals surface area contributed by atoms with Gasteiger partial charge >= 0.3 is 17.9 Å². The first kappa shape index (κ1) is 30.6. The van der Waals surface area contributed by atoms with Crippen LogP contribution in [0.5, 0.6) is 51.7 Å². The lowest BCUT2D eigenvalue weighted by molar-refractivity contribution is -0.283. The average Bonchev–Trinajstić information content (AvgIpc) is 2.99. The lowest BCUT2D eigenvalue weighted by atomic mass is 9.91. The molecule has 3 aromatic carbocycles. The largest absolute Gasteiger partial charge is 0.504 e. The summed E-state index contributed by atoms with van der Waals surface area (Å²) in [5.41, 5.74) is -4.17. The molecule has 18 heteroatoms. The van der Waals surface area contributed by atoms with Gasteiger partial charge in [-0.15, -0.1) is 0 Å². The number of rotatable bonds is 3. The lowest BCUT2D eigenvalue weighted by Gasteiger charge is -2.42. The Labute approximate surface area is 248 Å². The van der Waals surface area contributed by atoms with E-state index in [0.717, 1.165) is 0 Å². The van der Waals surface area contributed by atoms with Crippen LogP contribution < -0.4 is 0 Å². The van der Waals surface area contributed by atoms with Crippen LogP contribution in [0.4, 0.5) is 0 Å². The van der Waals surface area contributed by atoms with E-state index in [9.17, 15) is 70.6 Å². The molecule has 45 heavy (non-hydrogen) atoms. The second-order valence-electron chi connectivity index (χ2n) is 9.76. The molecule has 11 N–H and O–H groups in total. The van der Waals surface area contributed by atoms with Crippen LogP contribution in [0.25, 0.3) is 11.1 Å². The number of aliphatic hydroxyl groups excluding tert-OH is 2. The summed E-state index contributed by atoms with van der Waals surface area (Å²) in [5.74, 6) is -14.7. The first-order valence-corrected chi connectivity index (χ1v) is 12.5. The van der Waals surface area contributed by atoms with E-state index in [-0.39, 0.29) is 0 Å². The van der Waals surface area contributed by atoms with Crippen molar-refractivity contribution < 1.29 is 89.5 Å². The summed E-state index contributed by atoms with van der Waals surface area (Å²) in [7, 11) is 0. The quantitative estimate of drug-likeness (QED) is 0.100. The number of carbonyl (C=O) groups excluding carboxylic acids is 3. The van der Waals surface area contributed by atoms with Crippen molar-refractivity contribution in [3.8, 4) is 62.9 Å². The van der Waals surface area contributed by atoms with Crippen LogP contribution in [-0.2, 0) is 18.9 Å². The third-order valence-corrected chi connectivity index (χ3v) is 7.01. The minimum absolute atomic E-state index is 0.529. The number of carbonyl (C=O) groups is 3. The number of ether oxygens (including phenoxy) is 4. The van der Waals surface area contributed by atoms with Crippen LogP contribution >= 0.6 is 0 Å². The summed E-state index contributed by atoms with van der Waals surface area (Å²) in [6.45, 7) is -0.999. The Hall–Kier alpha value is -5.85. The molecular weight excluding hydrogens is 612 g/mol. The highest BCUT2D eigenvalue weighted by molar-refractivity contribution is 6.08. The Bertz CT molecular complexity index is 1730. The van der Waals surface area contributed by atoms with Crippen molar-refractivity contribution in [3.63, 3.8) is 0 Å². The zero-order valence-electron chi connectivity index (χ0n) is 22.2. The highest BCUT2D eigenvalue weighted by atomic mass is 16.7. The van der Waals surface area contributed by atoms with Gasteiger partial charge in [-0.25, -0.2) is 14.4 Å². The van der Waals surface area contributed by atoms with Crippen molar-refractivity contribution in [2.75, 3.05) is 6.61 Å². The number of benzene rings is 3. The van der Waals surface area contributed by atoms with Crippen LogP contribution in [0, 0.1) is 0 Å². The van der Waals surface area contributed by atoms with Gasteiger partial charge < -0.3 is 75.1 Å². The van der Waals surface area contributed by atoms with Crippen molar-refractivity contribution in [2.24, 2.45) is 0 Å². The molecule has 0 aromatic heterocycles. The molecule has 0 amide bonds. The SMILES string of the molecule is O=C(OC1OC(CO)C(O)[C@@H]2OC(=O)c3cc(O)c(O)c(O)c3-c3c(cc(O)c(O)c3O)C(=O)OC12)c1cc(O)c(O)c(O)c1. The first-order chi connectivity index (χ1) is 21.2. The van der Waals surface area contributed by atoms with Crippen LogP contribution in [0.2, 0.25) is 0 Å². The van der Waals surface area contributed by atoms with E-state index in [0.29, 0.717) is 24.3 Å². The second-order valence-corrected chi connectivity index (χ2v) is 9.76. The van der Waals surface area contributed by atoms with E-state index in [1.807, 2.05) is 0 Å². The van der Waals surface area contributed by atoms with Gasteiger partial charge in [-0.1, -0.05) is 0 Å². The Balaban J connectivity index is 1.68. The first-order valence-electron chi connectivity index (χ1n) is 12.5. The van der Waals surface area contributed by atoms with Gasteiger partial charge in [-0.2, -0.15) is 0 Å². The van der Waals surface area contributed by atoms with Gasteiger partial charge in [0, 0.05) is 11.1 Å². The summed E-state index contributed by atoms with van der Waals surface area (Å²) in [4.78, 5) is 40.0. The highest BCUT2D eigenvalue weighted by Crippen LogP contribution is 2.53. The maximum absolute atomic E-state index is 13.6. The van der Waals surface area contributed by atoms with E-state index < -0.39 is 135 Å². The lowest BCUT2D eigenvalue weighted by Crippen LogP contribution is -2.62. The second kappa shape index (κ2) is 11.0. The van der Waals surface area contributed by atoms with E-state index in [2.05, 4.69) is 0 Å². The number of hydrogen-bond acceptors (Lipinski definition) is 18. The molecule has 0 spiro atoms. The molecule has 0 aliphatic carbocycles. The monoisotopic (exact) mass is 634 g/mol. The van der Waals surface area contributed by atoms with Crippen LogP contribution in [0.3, 0.4) is 0 Å². The molecule has 0 radical (unpaired) electrons. The Morgan fingerprint density at radius 1 is 0.667 bits per heavy atom. The standard InChI is InChI=1S/C27H22O18/c28-5-13-19(36)22-23(27(42-13)45-24(39)6-1-9(29)16(33)10(30)2-6)44-26(41)8-4-12(32)18(35)21(38)15(8)14-7(25(40)43-22)3-11(31)17(34)20(14)37/h1-4,13,19,22-23,27-38H,5H2/t13?,19?,22-,23?,27?/m0/s1. The molecule has 4 unspecified atom stereocenters. The third kappa shape index (κ3) is 4.97. The number of aliphatic hydroxyl groups is 2. The average molecular weight is 634 g/mol. The maximum atomic E-state index is 13.6. The highest BCUT2D eigenvalue weighted by Gasteiger charge is 2.52. The van der Waals surface area contributed by atoms with E-state index in [1.54, 1.807) is 0 Å². The van der Waals surface area contributed by atoms with Crippen molar-refractivity contribution in [3.05, 3.63) is 41.0 Å². The molecule has 5 rings (SSSR count). The molecule has 3 aromatic rings. The fourth-order valence-electron chi connectivity index (χ4n) is 4.78. The molecule has 18 nitrogen and oxygen atoms in total. The molecule has 2 aliphatic heterocycles. The number of esters is 3. The topological polar surface area (TPSA) is 311 Å². The van der Waals surface area contributed by atoms with Crippen LogP contribution in [0.15, 0.2) is 24.3 Å². The summed E-state index contributed by atoms with van der Waals surface area (Å²) >= 11 is 0. The zero-order chi connectivity index (χ0) is 33.1. The van der Waals surface area contributed by atoms with Gasteiger partial charge in [-0.3, -0.25) is 0 Å². The summed E-state index contributed by atoms with van der Waals surface area (Å²) in [5, 5.41) is 112. The minimum Gasteiger partial charge on any atom is -0.504 e. The Morgan fingerprint density at radius 3 is 1.58 bits per heavy atom. The van der Waals surface area contributed by atoms with Crippen LogP contribution in [0.1, 0.15) is 31.1 Å². The normalized spacial score (nSPS) is 22.7. The zero-order valence-corrected chi connectivity index (χ0v) is 22.2. The van der Waals surface area contributed by atoms with E-state index in [4.69, 9.17) is 18.9 Å². The molecule has 5 atom stereocenters. The van der Waals surface area contributed by atoms with Crippen LogP contribution in [-0.4, -0.2) is 111 Å².